The van der Waals surface area contributed by atoms with Gasteiger partial charge in [-0.3, -0.25) is 9.48 Å². The molecule has 0 aliphatic heterocycles. The summed E-state index contributed by atoms with van der Waals surface area (Å²) in [5.41, 5.74) is 0.364. The van der Waals surface area contributed by atoms with Crippen LogP contribution in [0.5, 0.6) is 6.01 Å². The molecule has 0 radical (unpaired) electrons. The van der Waals surface area contributed by atoms with Gasteiger partial charge in [-0.15, -0.1) is 0 Å². The summed E-state index contributed by atoms with van der Waals surface area (Å²) in [5.74, 6) is 0.600. The molecular formula is C13H18N6O2. The van der Waals surface area contributed by atoms with Gasteiger partial charge in [0.1, 0.15) is 12.2 Å². The Morgan fingerprint density at radius 3 is 2.43 bits per heavy atom. The third kappa shape index (κ3) is 3.33. The molecule has 0 spiro atoms. The summed E-state index contributed by atoms with van der Waals surface area (Å²) in [7, 11) is 3.26. The Hall–Kier alpha value is -2.51. The number of carbonyl (C=O) groups is 1. The van der Waals surface area contributed by atoms with Crippen LogP contribution in [0.1, 0.15) is 36.1 Å². The number of rotatable bonds is 5. The molecule has 0 aliphatic carbocycles. The zero-order valence-electron chi connectivity index (χ0n) is 12.4. The maximum Gasteiger partial charge on any atom is 0.316 e. The van der Waals surface area contributed by atoms with Gasteiger partial charge < -0.3 is 10.1 Å². The minimum atomic E-state index is -0.264. The Morgan fingerprint density at radius 1 is 1.29 bits per heavy atom. The van der Waals surface area contributed by atoms with Crippen LogP contribution in [0.25, 0.3) is 0 Å². The van der Waals surface area contributed by atoms with Gasteiger partial charge in [0.05, 0.1) is 18.7 Å². The van der Waals surface area contributed by atoms with E-state index in [0.717, 1.165) is 0 Å². The Morgan fingerprint density at radius 2 is 1.95 bits per heavy atom. The normalized spacial score (nSPS) is 12.2. The van der Waals surface area contributed by atoms with Crippen molar-refractivity contribution in [2.45, 2.75) is 19.9 Å². The summed E-state index contributed by atoms with van der Waals surface area (Å²) in [5, 5.41) is 6.97. The molecule has 1 amide bonds. The molecule has 2 heterocycles. The molecule has 1 unspecified atom stereocenters. The van der Waals surface area contributed by atoms with Crippen LogP contribution in [-0.2, 0) is 7.05 Å². The van der Waals surface area contributed by atoms with Crippen molar-refractivity contribution in [1.29, 1.82) is 0 Å². The highest BCUT2D eigenvalue weighted by Gasteiger charge is 2.23. The van der Waals surface area contributed by atoms with E-state index in [-0.39, 0.29) is 23.9 Å². The highest BCUT2D eigenvalue weighted by molar-refractivity contribution is 5.93. The van der Waals surface area contributed by atoms with Crippen molar-refractivity contribution in [3.05, 3.63) is 30.1 Å². The van der Waals surface area contributed by atoms with Gasteiger partial charge in [-0.2, -0.15) is 5.10 Å². The molecule has 1 N–H and O–H groups in total. The molecule has 2 rings (SSSR count). The molecule has 21 heavy (non-hydrogen) atoms. The van der Waals surface area contributed by atoms with Crippen LogP contribution in [0.15, 0.2) is 18.7 Å². The molecule has 0 saturated heterocycles. The predicted molar refractivity (Wildman–Crippen MR) is 74.6 cm³/mol. The Kier molecular flexibility index (Phi) is 4.46. The Balaban J connectivity index is 2.16. The predicted octanol–water partition coefficient (Wildman–Crippen LogP) is 0.741. The molecular weight excluding hydrogens is 272 g/mol. The molecule has 2 aromatic rings. The van der Waals surface area contributed by atoms with Crippen LogP contribution in [-0.4, -0.2) is 37.7 Å². The van der Waals surface area contributed by atoms with Crippen molar-refractivity contribution in [2.75, 3.05) is 7.11 Å². The Bertz CT molecular complexity index is 607. The van der Waals surface area contributed by atoms with Gasteiger partial charge in [-0.05, 0) is 5.92 Å². The molecule has 2 aromatic heterocycles. The lowest BCUT2D eigenvalue weighted by molar-refractivity contribution is 0.0921. The third-order valence-electron chi connectivity index (χ3n) is 3.05. The first-order valence-corrected chi connectivity index (χ1v) is 6.53. The van der Waals surface area contributed by atoms with E-state index in [1.54, 1.807) is 11.7 Å². The van der Waals surface area contributed by atoms with Crippen molar-refractivity contribution in [3.63, 3.8) is 0 Å². The van der Waals surface area contributed by atoms with Gasteiger partial charge in [-0.25, -0.2) is 15.0 Å². The highest BCUT2D eigenvalue weighted by atomic mass is 16.5. The van der Waals surface area contributed by atoms with Gasteiger partial charge in [0.25, 0.3) is 5.91 Å². The van der Waals surface area contributed by atoms with Crippen molar-refractivity contribution < 1.29 is 9.53 Å². The van der Waals surface area contributed by atoms with E-state index in [4.69, 9.17) is 4.74 Å². The minimum Gasteiger partial charge on any atom is -0.467 e. The largest absolute Gasteiger partial charge is 0.467 e. The number of methoxy groups -OCH3 is 1. The fraction of sp³-hybridized carbons (Fsp3) is 0.462. The van der Waals surface area contributed by atoms with Crippen molar-refractivity contribution in [3.8, 4) is 6.01 Å². The van der Waals surface area contributed by atoms with Gasteiger partial charge in [0.15, 0.2) is 0 Å². The number of carbonyl (C=O) groups excluding carboxylic acids is 1. The number of amides is 1. The second kappa shape index (κ2) is 6.29. The van der Waals surface area contributed by atoms with Crippen molar-refractivity contribution in [1.82, 2.24) is 30.0 Å². The molecule has 112 valence electrons. The summed E-state index contributed by atoms with van der Waals surface area (Å²) >= 11 is 0. The van der Waals surface area contributed by atoms with Crippen molar-refractivity contribution in [2.24, 2.45) is 13.0 Å². The maximum atomic E-state index is 12.3. The van der Waals surface area contributed by atoms with Crippen LogP contribution < -0.4 is 10.1 Å². The van der Waals surface area contributed by atoms with Crippen LogP contribution in [0.2, 0.25) is 0 Å². The monoisotopic (exact) mass is 290 g/mol. The van der Waals surface area contributed by atoms with E-state index >= 15 is 0 Å². The zero-order chi connectivity index (χ0) is 15.4. The van der Waals surface area contributed by atoms with Gasteiger partial charge >= 0.3 is 6.01 Å². The lowest BCUT2D eigenvalue weighted by Crippen LogP contribution is -2.33. The number of aryl methyl sites for hydroxylation is 1. The maximum absolute atomic E-state index is 12.3. The zero-order valence-corrected chi connectivity index (χ0v) is 12.4. The SMILES string of the molecule is COc1ncc(C(=O)NC(c2ncnn2C)C(C)C)cn1. The van der Waals surface area contributed by atoms with Gasteiger partial charge in [-0.1, -0.05) is 13.8 Å². The Labute approximate surface area is 122 Å². The fourth-order valence-electron chi connectivity index (χ4n) is 1.88. The average Bonchev–Trinajstić information content (AvgIpc) is 2.90. The fourth-order valence-corrected chi connectivity index (χ4v) is 1.88. The second-order valence-electron chi connectivity index (χ2n) is 4.90. The van der Waals surface area contributed by atoms with E-state index in [1.807, 2.05) is 13.8 Å². The number of aromatic nitrogens is 5. The smallest absolute Gasteiger partial charge is 0.316 e. The first kappa shape index (κ1) is 14.9. The lowest BCUT2D eigenvalue weighted by Gasteiger charge is -2.21. The van der Waals surface area contributed by atoms with E-state index in [0.29, 0.717) is 11.4 Å². The lowest BCUT2D eigenvalue weighted by atomic mass is 10.0. The highest BCUT2D eigenvalue weighted by Crippen LogP contribution is 2.19. The minimum absolute atomic E-state index is 0.163. The van der Waals surface area contributed by atoms with E-state index < -0.39 is 0 Å². The number of ether oxygens (including phenoxy) is 1. The molecule has 0 fully saturated rings. The van der Waals surface area contributed by atoms with E-state index in [1.165, 1.54) is 25.8 Å². The molecule has 8 heteroatoms. The number of hydrogen-bond acceptors (Lipinski definition) is 6. The number of nitrogens with zero attached hydrogens (tertiary/aromatic N) is 5. The second-order valence-corrected chi connectivity index (χ2v) is 4.90. The summed E-state index contributed by atoms with van der Waals surface area (Å²) in [6.45, 7) is 4.01. The molecule has 8 nitrogen and oxygen atoms in total. The van der Waals surface area contributed by atoms with Crippen LogP contribution >= 0.6 is 0 Å². The standard InChI is InChI=1S/C13H18N6O2/c1-8(2)10(11-16-7-17-19(11)3)18-12(20)9-5-14-13(21-4)15-6-9/h5-8,10H,1-4H3,(H,18,20). The van der Waals surface area contributed by atoms with E-state index in [9.17, 15) is 4.79 Å². The summed E-state index contributed by atoms with van der Waals surface area (Å²) in [6.07, 6.45) is 4.32. The molecule has 1 atom stereocenters. The third-order valence-corrected chi connectivity index (χ3v) is 3.05. The van der Waals surface area contributed by atoms with Crippen LogP contribution in [0.3, 0.4) is 0 Å². The summed E-state index contributed by atoms with van der Waals surface area (Å²) in [6, 6.07) is -0.0210. The molecule has 0 aromatic carbocycles. The average molecular weight is 290 g/mol. The van der Waals surface area contributed by atoms with Crippen LogP contribution in [0, 0.1) is 5.92 Å². The molecule has 0 saturated carbocycles. The number of hydrogen-bond donors (Lipinski definition) is 1. The molecule has 0 bridgehead atoms. The quantitative estimate of drug-likeness (QED) is 0.872. The molecule has 0 aliphatic rings. The summed E-state index contributed by atoms with van der Waals surface area (Å²) in [4.78, 5) is 24.3. The first-order valence-electron chi connectivity index (χ1n) is 6.53. The van der Waals surface area contributed by atoms with Gasteiger partial charge in [0.2, 0.25) is 0 Å². The topological polar surface area (TPSA) is 94.8 Å². The number of nitrogens with one attached hydrogen (secondary N) is 1. The van der Waals surface area contributed by atoms with Crippen molar-refractivity contribution >= 4 is 5.91 Å². The van der Waals surface area contributed by atoms with Gasteiger partial charge in [0, 0.05) is 19.4 Å². The van der Waals surface area contributed by atoms with E-state index in [2.05, 4.69) is 25.4 Å². The summed E-state index contributed by atoms with van der Waals surface area (Å²) < 4.78 is 6.52. The van der Waals surface area contributed by atoms with Crippen LogP contribution in [0.4, 0.5) is 0 Å². The first-order chi connectivity index (χ1) is 10.0.